The topological polar surface area (TPSA) is 47.1 Å². The monoisotopic (exact) mass is 278 g/mol. The molecule has 1 fully saturated rings. The SMILES string of the molecule is CCC1(C)CCN(C(CN)c2cncn2C(C)C)CC1. The lowest BCUT2D eigenvalue weighted by molar-refractivity contribution is 0.0797. The standard InChI is InChI=1S/C16H30N4/c1-5-16(4)6-8-19(9-7-16)14(10-17)15-11-18-12-20(15)13(2)3/h11-14H,5-10,17H2,1-4H3. The lowest BCUT2D eigenvalue weighted by Crippen LogP contribution is -2.43. The maximum atomic E-state index is 6.08. The quantitative estimate of drug-likeness (QED) is 0.900. The fourth-order valence-electron chi connectivity index (χ4n) is 3.19. The lowest BCUT2D eigenvalue weighted by atomic mass is 9.78. The zero-order valence-corrected chi connectivity index (χ0v) is 13.5. The van der Waals surface area contributed by atoms with Crippen LogP contribution in [0.2, 0.25) is 0 Å². The Morgan fingerprint density at radius 1 is 1.35 bits per heavy atom. The van der Waals surface area contributed by atoms with Crippen LogP contribution in [-0.2, 0) is 0 Å². The molecular weight excluding hydrogens is 248 g/mol. The average molecular weight is 278 g/mol. The van der Waals surface area contributed by atoms with Crippen molar-refractivity contribution in [2.45, 2.75) is 59.0 Å². The van der Waals surface area contributed by atoms with Gasteiger partial charge in [0.15, 0.2) is 0 Å². The number of likely N-dealkylation sites (tertiary alicyclic amines) is 1. The van der Waals surface area contributed by atoms with Gasteiger partial charge in [0.25, 0.3) is 0 Å². The molecule has 20 heavy (non-hydrogen) atoms. The fraction of sp³-hybridized carbons (Fsp3) is 0.812. The number of imidazole rings is 1. The Morgan fingerprint density at radius 3 is 2.50 bits per heavy atom. The normalized spacial score (nSPS) is 21.3. The molecule has 0 bridgehead atoms. The zero-order chi connectivity index (χ0) is 14.8. The smallest absolute Gasteiger partial charge is 0.0951 e. The van der Waals surface area contributed by atoms with E-state index < -0.39 is 0 Å². The van der Waals surface area contributed by atoms with Crippen molar-refractivity contribution in [1.29, 1.82) is 0 Å². The number of nitrogens with zero attached hydrogens (tertiary/aromatic N) is 3. The highest BCUT2D eigenvalue weighted by Crippen LogP contribution is 2.36. The van der Waals surface area contributed by atoms with Crippen LogP contribution < -0.4 is 5.73 Å². The second kappa shape index (κ2) is 6.27. The predicted molar refractivity (Wildman–Crippen MR) is 83.6 cm³/mol. The molecule has 1 unspecified atom stereocenters. The maximum absolute atomic E-state index is 6.08. The van der Waals surface area contributed by atoms with Gasteiger partial charge in [0.2, 0.25) is 0 Å². The van der Waals surface area contributed by atoms with E-state index in [0.29, 0.717) is 24.0 Å². The average Bonchev–Trinajstić information content (AvgIpc) is 2.91. The summed E-state index contributed by atoms with van der Waals surface area (Å²) in [4.78, 5) is 6.88. The van der Waals surface area contributed by atoms with Crippen LogP contribution in [0, 0.1) is 5.41 Å². The minimum atomic E-state index is 0.307. The van der Waals surface area contributed by atoms with E-state index in [1.54, 1.807) is 0 Å². The molecule has 1 aromatic rings. The van der Waals surface area contributed by atoms with Crippen LogP contribution in [0.15, 0.2) is 12.5 Å². The van der Waals surface area contributed by atoms with Crippen molar-refractivity contribution in [2.75, 3.05) is 19.6 Å². The molecule has 0 amide bonds. The number of rotatable bonds is 5. The molecule has 0 aliphatic carbocycles. The third-order valence-electron chi connectivity index (χ3n) is 5.12. The van der Waals surface area contributed by atoms with Crippen LogP contribution in [0.25, 0.3) is 0 Å². The summed E-state index contributed by atoms with van der Waals surface area (Å²) in [5, 5.41) is 0. The molecule has 0 saturated carbocycles. The van der Waals surface area contributed by atoms with Gasteiger partial charge in [0.1, 0.15) is 0 Å². The van der Waals surface area contributed by atoms with Crippen molar-refractivity contribution in [3.05, 3.63) is 18.2 Å². The molecule has 0 spiro atoms. The Hall–Kier alpha value is -0.870. The summed E-state index contributed by atoms with van der Waals surface area (Å²) in [6.45, 7) is 12.1. The van der Waals surface area contributed by atoms with Gasteiger partial charge in [-0.1, -0.05) is 20.3 Å². The molecule has 4 heteroatoms. The molecule has 1 atom stereocenters. The summed E-state index contributed by atoms with van der Waals surface area (Å²) in [6.07, 6.45) is 7.75. The van der Waals surface area contributed by atoms with Crippen molar-refractivity contribution < 1.29 is 0 Å². The highest BCUT2D eigenvalue weighted by Gasteiger charge is 2.32. The Kier molecular flexibility index (Phi) is 4.86. The molecule has 4 nitrogen and oxygen atoms in total. The first-order chi connectivity index (χ1) is 9.50. The summed E-state index contributed by atoms with van der Waals surface area (Å²) in [5.41, 5.74) is 7.87. The molecular formula is C16H30N4. The first kappa shape index (κ1) is 15.5. The Balaban J connectivity index is 2.12. The van der Waals surface area contributed by atoms with Crippen molar-refractivity contribution in [2.24, 2.45) is 11.1 Å². The van der Waals surface area contributed by atoms with Gasteiger partial charge in [0, 0.05) is 18.8 Å². The van der Waals surface area contributed by atoms with Gasteiger partial charge in [-0.3, -0.25) is 4.90 Å². The lowest BCUT2D eigenvalue weighted by Gasteiger charge is -2.42. The van der Waals surface area contributed by atoms with Gasteiger partial charge in [-0.05, 0) is 45.2 Å². The molecule has 1 aromatic heterocycles. The maximum Gasteiger partial charge on any atom is 0.0951 e. The third kappa shape index (κ3) is 3.07. The minimum absolute atomic E-state index is 0.307. The second-order valence-corrected chi connectivity index (χ2v) is 6.77. The number of piperidine rings is 1. The van der Waals surface area contributed by atoms with Crippen LogP contribution in [0.3, 0.4) is 0 Å². The van der Waals surface area contributed by atoms with E-state index in [0.717, 1.165) is 13.1 Å². The van der Waals surface area contributed by atoms with E-state index in [9.17, 15) is 0 Å². The summed E-state index contributed by atoms with van der Waals surface area (Å²) < 4.78 is 2.26. The van der Waals surface area contributed by atoms with Crippen molar-refractivity contribution >= 4 is 0 Å². The van der Waals surface area contributed by atoms with Crippen molar-refractivity contribution in [1.82, 2.24) is 14.5 Å². The van der Waals surface area contributed by atoms with E-state index in [1.165, 1.54) is 25.0 Å². The number of aromatic nitrogens is 2. The molecule has 1 aliphatic rings. The minimum Gasteiger partial charge on any atom is -0.331 e. The van der Waals surface area contributed by atoms with E-state index in [-0.39, 0.29) is 0 Å². The first-order valence-corrected chi connectivity index (χ1v) is 7.96. The summed E-state index contributed by atoms with van der Waals surface area (Å²) in [7, 11) is 0. The predicted octanol–water partition coefficient (Wildman–Crippen LogP) is 2.98. The fourth-order valence-corrected chi connectivity index (χ4v) is 3.19. The van der Waals surface area contributed by atoms with Crippen molar-refractivity contribution in [3.8, 4) is 0 Å². The molecule has 114 valence electrons. The van der Waals surface area contributed by atoms with E-state index in [4.69, 9.17) is 5.73 Å². The number of hydrogen-bond acceptors (Lipinski definition) is 3. The summed E-state index contributed by atoms with van der Waals surface area (Å²) >= 11 is 0. The zero-order valence-electron chi connectivity index (χ0n) is 13.5. The number of nitrogens with two attached hydrogens (primary N) is 1. The van der Waals surface area contributed by atoms with Gasteiger partial charge in [-0.2, -0.15) is 0 Å². The van der Waals surface area contributed by atoms with Gasteiger partial charge < -0.3 is 10.3 Å². The third-order valence-corrected chi connectivity index (χ3v) is 5.12. The molecule has 2 rings (SSSR count). The molecule has 1 saturated heterocycles. The largest absolute Gasteiger partial charge is 0.331 e. The molecule has 1 aliphatic heterocycles. The van der Waals surface area contributed by atoms with Crippen LogP contribution in [-0.4, -0.2) is 34.1 Å². The summed E-state index contributed by atoms with van der Waals surface area (Å²) in [5.74, 6) is 0. The Labute approximate surface area is 123 Å². The second-order valence-electron chi connectivity index (χ2n) is 6.77. The molecule has 2 heterocycles. The Bertz CT molecular complexity index is 416. The van der Waals surface area contributed by atoms with Gasteiger partial charge in [-0.15, -0.1) is 0 Å². The molecule has 0 radical (unpaired) electrons. The van der Waals surface area contributed by atoms with Gasteiger partial charge >= 0.3 is 0 Å². The summed E-state index contributed by atoms with van der Waals surface area (Å²) in [6, 6.07) is 0.744. The highest BCUT2D eigenvalue weighted by atomic mass is 15.2. The number of hydrogen-bond donors (Lipinski definition) is 1. The van der Waals surface area contributed by atoms with Crippen LogP contribution in [0.4, 0.5) is 0 Å². The van der Waals surface area contributed by atoms with Crippen LogP contribution in [0.1, 0.15) is 64.7 Å². The Morgan fingerprint density at radius 2 is 2.00 bits per heavy atom. The highest BCUT2D eigenvalue weighted by molar-refractivity contribution is 5.08. The van der Waals surface area contributed by atoms with Gasteiger partial charge in [-0.25, -0.2) is 4.98 Å². The van der Waals surface area contributed by atoms with E-state index in [2.05, 4.69) is 42.1 Å². The van der Waals surface area contributed by atoms with Gasteiger partial charge in [0.05, 0.1) is 18.1 Å². The first-order valence-electron chi connectivity index (χ1n) is 7.96. The molecule has 0 aromatic carbocycles. The van der Waals surface area contributed by atoms with Crippen LogP contribution in [0.5, 0.6) is 0 Å². The van der Waals surface area contributed by atoms with Crippen LogP contribution >= 0.6 is 0 Å². The van der Waals surface area contributed by atoms with Crippen molar-refractivity contribution in [3.63, 3.8) is 0 Å². The molecule has 2 N–H and O–H groups in total. The van der Waals surface area contributed by atoms with E-state index >= 15 is 0 Å². The van der Waals surface area contributed by atoms with E-state index in [1.807, 2.05) is 12.5 Å².